The van der Waals surface area contributed by atoms with Crippen LogP contribution in [0.25, 0.3) is 0 Å². The van der Waals surface area contributed by atoms with E-state index in [9.17, 15) is 4.79 Å². The first-order chi connectivity index (χ1) is 17.0. The lowest BCUT2D eigenvalue weighted by Crippen LogP contribution is -2.41. The number of fused-ring (bicyclic) bond motifs is 1. The molecule has 2 heterocycles. The second-order valence-corrected chi connectivity index (χ2v) is 9.81. The summed E-state index contributed by atoms with van der Waals surface area (Å²) in [6.45, 7) is 6.35. The van der Waals surface area contributed by atoms with Gasteiger partial charge in [0.15, 0.2) is 5.82 Å². The number of aromatic nitrogens is 3. The van der Waals surface area contributed by atoms with Crippen molar-refractivity contribution in [1.82, 2.24) is 14.9 Å². The van der Waals surface area contributed by atoms with E-state index >= 15 is 0 Å². The molecule has 0 bridgehead atoms. The molecule has 1 aromatic heterocycles. The Morgan fingerprint density at radius 3 is 2.49 bits per heavy atom. The molecule has 0 saturated heterocycles. The van der Waals surface area contributed by atoms with Crippen molar-refractivity contribution in [3.8, 4) is 5.75 Å². The molecule has 5 rings (SSSR count). The molecular weight excluding hydrogens is 458 g/mol. The number of para-hydroxylation sites is 1. The zero-order valence-electron chi connectivity index (χ0n) is 19.9. The molecule has 2 atom stereocenters. The number of ether oxygens (including phenoxy) is 1. The van der Waals surface area contributed by atoms with Gasteiger partial charge in [0.1, 0.15) is 17.6 Å². The molecule has 0 spiro atoms. The van der Waals surface area contributed by atoms with Crippen molar-refractivity contribution in [2.24, 2.45) is 0 Å². The Kier molecular flexibility index (Phi) is 6.46. The number of rotatable bonds is 6. The van der Waals surface area contributed by atoms with Gasteiger partial charge in [-0.25, -0.2) is 4.68 Å². The maximum absolute atomic E-state index is 13.5. The van der Waals surface area contributed by atoms with Gasteiger partial charge >= 0.3 is 0 Å². The Balaban J connectivity index is 1.42. The van der Waals surface area contributed by atoms with Gasteiger partial charge in [-0.1, -0.05) is 77.5 Å². The quantitative estimate of drug-likeness (QED) is 0.392. The third-order valence-corrected chi connectivity index (χ3v) is 7.16. The average Bonchev–Trinajstić information content (AvgIpc) is 3.26. The maximum Gasteiger partial charge on any atom is 0.240 e. The van der Waals surface area contributed by atoms with Crippen molar-refractivity contribution in [3.63, 3.8) is 0 Å². The molecule has 2 N–H and O–H groups in total. The lowest BCUT2D eigenvalue weighted by atomic mass is 10.0. The number of carbonyl (C=O) groups excluding carboxylic acids is 1. The molecule has 0 aliphatic carbocycles. The molecular formula is C27H27N5O2S. The van der Waals surface area contributed by atoms with Crippen LogP contribution in [0.3, 0.4) is 0 Å². The van der Waals surface area contributed by atoms with E-state index in [1.165, 1.54) is 11.8 Å². The molecule has 4 aromatic rings. The van der Waals surface area contributed by atoms with Crippen molar-refractivity contribution >= 4 is 23.4 Å². The average molecular weight is 486 g/mol. The minimum absolute atomic E-state index is 0.0867. The fourth-order valence-electron chi connectivity index (χ4n) is 4.04. The lowest BCUT2D eigenvalue weighted by Gasteiger charge is -2.33. The Bertz CT molecular complexity index is 1340. The van der Waals surface area contributed by atoms with E-state index in [1.54, 1.807) is 0 Å². The van der Waals surface area contributed by atoms with Crippen molar-refractivity contribution in [2.45, 2.75) is 43.8 Å². The van der Waals surface area contributed by atoms with E-state index in [-0.39, 0.29) is 18.6 Å². The Hall–Kier alpha value is -3.78. The van der Waals surface area contributed by atoms with E-state index in [4.69, 9.17) is 4.74 Å². The highest BCUT2D eigenvalue weighted by Gasteiger charge is 2.38. The second kappa shape index (κ2) is 9.84. The Labute approximate surface area is 208 Å². The minimum Gasteiger partial charge on any atom is -0.486 e. The summed E-state index contributed by atoms with van der Waals surface area (Å²) >= 11 is 1.40. The smallest absolute Gasteiger partial charge is 0.240 e. The third-order valence-electron chi connectivity index (χ3n) is 5.95. The molecule has 35 heavy (non-hydrogen) atoms. The number of hydrogen-bond donors (Lipinski definition) is 2. The summed E-state index contributed by atoms with van der Waals surface area (Å²) in [5, 5.41) is 12.0. The van der Waals surface area contributed by atoms with Crippen LogP contribution in [-0.4, -0.2) is 26.0 Å². The predicted molar refractivity (Wildman–Crippen MR) is 138 cm³/mol. The summed E-state index contributed by atoms with van der Waals surface area (Å²) < 4.78 is 7.73. The zero-order chi connectivity index (χ0) is 24.4. The number of carbonyl (C=O) groups is 1. The third kappa shape index (κ3) is 5.02. The van der Waals surface area contributed by atoms with Gasteiger partial charge in [-0.3, -0.25) is 4.79 Å². The van der Waals surface area contributed by atoms with Gasteiger partial charge in [0, 0.05) is 5.69 Å². The number of aryl methyl sites for hydroxylation is 3. The van der Waals surface area contributed by atoms with Gasteiger partial charge in [-0.2, -0.15) is 0 Å². The molecule has 178 valence electrons. The van der Waals surface area contributed by atoms with Crippen molar-refractivity contribution in [3.05, 3.63) is 101 Å². The molecule has 0 fully saturated rings. The summed E-state index contributed by atoms with van der Waals surface area (Å²) in [6, 6.07) is 23.6. The second-order valence-electron chi connectivity index (χ2n) is 8.70. The fraction of sp³-hybridized carbons (Fsp3) is 0.222. The van der Waals surface area contributed by atoms with Crippen LogP contribution in [-0.2, 0) is 11.4 Å². The first-order valence-electron chi connectivity index (χ1n) is 11.5. The molecule has 0 radical (unpaired) electrons. The lowest BCUT2D eigenvalue weighted by molar-refractivity contribution is -0.116. The van der Waals surface area contributed by atoms with Crippen molar-refractivity contribution < 1.29 is 9.53 Å². The first kappa shape index (κ1) is 23.0. The highest BCUT2D eigenvalue weighted by molar-refractivity contribution is 8.00. The molecule has 7 nitrogen and oxygen atoms in total. The molecule has 0 saturated carbocycles. The molecule has 2 unspecified atom stereocenters. The van der Waals surface area contributed by atoms with Gasteiger partial charge in [0.2, 0.25) is 11.1 Å². The van der Waals surface area contributed by atoms with Gasteiger partial charge in [0.05, 0.1) is 6.04 Å². The van der Waals surface area contributed by atoms with Gasteiger partial charge in [-0.05, 0) is 50.1 Å². The first-order valence-corrected chi connectivity index (χ1v) is 12.4. The monoisotopic (exact) mass is 485 g/mol. The zero-order valence-corrected chi connectivity index (χ0v) is 20.7. The highest BCUT2D eigenvalue weighted by atomic mass is 32.2. The van der Waals surface area contributed by atoms with E-state index in [0.717, 1.165) is 33.7 Å². The minimum atomic E-state index is -0.446. The maximum atomic E-state index is 13.5. The number of nitrogens with one attached hydrogen (secondary N) is 2. The summed E-state index contributed by atoms with van der Waals surface area (Å²) in [5.74, 6) is 1.31. The highest BCUT2D eigenvalue weighted by Crippen LogP contribution is 2.38. The molecule has 1 aliphatic rings. The number of hydrogen-bond acceptors (Lipinski definition) is 6. The van der Waals surface area contributed by atoms with Crippen LogP contribution in [0.2, 0.25) is 0 Å². The molecule has 1 aliphatic heterocycles. The Morgan fingerprint density at radius 2 is 1.74 bits per heavy atom. The summed E-state index contributed by atoms with van der Waals surface area (Å²) in [4.78, 5) is 13.5. The topological polar surface area (TPSA) is 81.1 Å². The van der Waals surface area contributed by atoms with Crippen molar-refractivity contribution in [1.29, 1.82) is 0 Å². The van der Waals surface area contributed by atoms with Crippen LogP contribution in [0, 0.1) is 20.8 Å². The summed E-state index contributed by atoms with van der Waals surface area (Å²) in [5.41, 5.74) is 8.66. The number of benzene rings is 3. The van der Waals surface area contributed by atoms with E-state index in [0.29, 0.717) is 11.0 Å². The van der Waals surface area contributed by atoms with Gasteiger partial charge in [0.25, 0.3) is 0 Å². The Morgan fingerprint density at radius 1 is 1.00 bits per heavy atom. The number of thioether (sulfide) groups is 1. The standard InChI is InChI=1S/C27H27N5O2S/c1-17-9-12-20(13-10-17)24-25(26(33)28-22-14-11-18(2)15-19(22)3)35-27-30-29-23(32(27)31-24)16-34-21-7-5-4-6-8-21/h4-15,24-25,31H,16H2,1-3H3,(H,28,33). The van der Waals surface area contributed by atoms with E-state index in [1.807, 2.05) is 67.9 Å². The largest absolute Gasteiger partial charge is 0.486 e. The van der Waals surface area contributed by atoms with Crippen LogP contribution >= 0.6 is 11.8 Å². The SMILES string of the molecule is Cc1ccc(C2Nn3c(COc4ccccc4)nnc3SC2C(=O)Nc2ccc(C)cc2C)cc1. The number of nitrogens with zero attached hydrogens (tertiary/aromatic N) is 3. The van der Waals surface area contributed by atoms with Gasteiger partial charge < -0.3 is 15.5 Å². The predicted octanol–water partition coefficient (Wildman–Crippen LogP) is 5.18. The molecule has 1 amide bonds. The summed E-state index contributed by atoms with van der Waals surface area (Å²) in [6.07, 6.45) is 0. The van der Waals surface area contributed by atoms with Crippen LogP contribution in [0.5, 0.6) is 5.75 Å². The van der Waals surface area contributed by atoms with Crippen molar-refractivity contribution in [2.75, 3.05) is 10.7 Å². The van der Waals surface area contributed by atoms with Crippen LogP contribution in [0.15, 0.2) is 78.0 Å². The van der Waals surface area contributed by atoms with Crippen LogP contribution in [0.1, 0.15) is 34.1 Å². The number of anilines is 1. The van der Waals surface area contributed by atoms with E-state index < -0.39 is 5.25 Å². The normalized spacial score (nSPS) is 16.8. The molecule has 8 heteroatoms. The van der Waals surface area contributed by atoms with Gasteiger partial charge in [-0.15, -0.1) is 10.2 Å². The fourth-order valence-corrected chi connectivity index (χ4v) is 5.14. The molecule has 3 aromatic carbocycles. The van der Waals surface area contributed by atoms with Crippen LogP contribution in [0.4, 0.5) is 5.69 Å². The number of amides is 1. The van der Waals surface area contributed by atoms with E-state index in [2.05, 4.69) is 51.3 Å². The summed E-state index contributed by atoms with van der Waals surface area (Å²) in [7, 11) is 0. The van der Waals surface area contributed by atoms with Crippen LogP contribution < -0.4 is 15.5 Å².